The van der Waals surface area contributed by atoms with Gasteiger partial charge in [-0.15, -0.1) is 11.3 Å². The molecule has 0 atom stereocenters. The first-order valence-corrected chi connectivity index (χ1v) is 5.34. The Morgan fingerprint density at radius 1 is 1.25 bits per heavy atom. The Bertz CT molecular complexity index is 229. The highest BCUT2D eigenvalue weighted by molar-refractivity contribution is 7.11. The Kier molecular flexibility index (Phi) is 3.76. The summed E-state index contributed by atoms with van der Waals surface area (Å²) in [6, 6.07) is 4.49. The molecule has 0 bridgehead atoms. The van der Waals surface area contributed by atoms with Crippen molar-refractivity contribution in [2.24, 2.45) is 0 Å². The summed E-state index contributed by atoms with van der Waals surface area (Å²) in [6.45, 7) is 6.62. The number of aryl methyl sites for hydroxylation is 1. The first kappa shape index (κ1) is 9.75. The van der Waals surface area contributed by atoms with Crippen molar-refractivity contribution in [1.29, 1.82) is 0 Å². The van der Waals surface area contributed by atoms with E-state index in [9.17, 15) is 0 Å². The first-order chi connectivity index (χ1) is 5.76. The van der Waals surface area contributed by atoms with Crippen molar-refractivity contribution in [2.45, 2.75) is 26.8 Å². The number of rotatable bonds is 4. The first-order valence-electron chi connectivity index (χ1n) is 4.52. The van der Waals surface area contributed by atoms with E-state index in [0.29, 0.717) is 0 Å². The van der Waals surface area contributed by atoms with Crippen molar-refractivity contribution in [3.63, 3.8) is 0 Å². The molecule has 0 amide bonds. The highest BCUT2D eigenvalue weighted by atomic mass is 32.1. The quantitative estimate of drug-likeness (QED) is 0.694. The second-order valence-corrected chi connectivity index (χ2v) is 4.30. The molecule has 1 rings (SSSR count). The maximum atomic E-state index is 2.32. The largest absolute Gasteiger partial charge is 0.302 e. The monoisotopic (exact) mass is 183 g/mol. The Balaban J connectivity index is 2.52. The van der Waals surface area contributed by atoms with Crippen LogP contribution < -0.4 is 0 Å². The summed E-state index contributed by atoms with van der Waals surface area (Å²) in [5.41, 5.74) is 0. The Hall–Kier alpha value is -0.340. The van der Waals surface area contributed by atoms with Crippen LogP contribution in [0.1, 0.15) is 23.6 Å². The van der Waals surface area contributed by atoms with Gasteiger partial charge in [-0.3, -0.25) is 0 Å². The van der Waals surface area contributed by atoms with Crippen LogP contribution in [0.4, 0.5) is 0 Å². The molecule has 2 heteroatoms. The molecular weight excluding hydrogens is 166 g/mol. The van der Waals surface area contributed by atoms with E-state index >= 15 is 0 Å². The number of hydrogen-bond acceptors (Lipinski definition) is 2. The van der Waals surface area contributed by atoms with E-state index in [1.54, 1.807) is 0 Å². The molecule has 0 aliphatic rings. The molecule has 1 heterocycles. The van der Waals surface area contributed by atoms with E-state index in [2.05, 4.69) is 37.9 Å². The summed E-state index contributed by atoms with van der Waals surface area (Å²) in [5.74, 6) is 0. The molecule has 0 aromatic carbocycles. The fourth-order valence-corrected chi connectivity index (χ4v) is 2.11. The molecule has 0 fully saturated rings. The van der Waals surface area contributed by atoms with Crippen molar-refractivity contribution < 1.29 is 0 Å². The highest BCUT2D eigenvalue weighted by Gasteiger charge is 2.00. The summed E-state index contributed by atoms with van der Waals surface area (Å²) < 4.78 is 0. The summed E-state index contributed by atoms with van der Waals surface area (Å²) >= 11 is 1.93. The SMILES string of the molecule is CCc1ccc(CN(C)CC)s1. The predicted octanol–water partition coefficient (Wildman–Crippen LogP) is 2.76. The van der Waals surface area contributed by atoms with Gasteiger partial charge in [0.2, 0.25) is 0 Å². The second-order valence-electron chi connectivity index (χ2n) is 3.05. The average molecular weight is 183 g/mol. The van der Waals surface area contributed by atoms with Crippen LogP contribution in [-0.2, 0) is 13.0 Å². The van der Waals surface area contributed by atoms with Gasteiger partial charge in [-0.05, 0) is 32.1 Å². The molecule has 12 heavy (non-hydrogen) atoms. The Labute approximate surface area is 79.0 Å². The van der Waals surface area contributed by atoms with Gasteiger partial charge in [-0.1, -0.05) is 13.8 Å². The second kappa shape index (κ2) is 4.63. The molecule has 1 nitrogen and oxygen atoms in total. The minimum atomic E-state index is 1.10. The maximum Gasteiger partial charge on any atom is 0.0324 e. The topological polar surface area (TPSA) is 3.24 Å². The summed E-state index contributed by atoms with van der Waals surface area (Å²) in [5, 5.41) is 0. The van der Waals surface area contributed by atoms with Gasteiger partial charge in [0, 0.05) is 16.3 Å². The molecule has 0 spiro atoms. The van der Waals surface area contributed by atoms with Crippen LogP contribution >= 0.6 is 11.3 Å². The van der Waals surface area contributed by atoms with Gasteiger partial charge >= 0.3 is 0 Å². The van der Waals surface area contributed by atoms with Gasteiger partial charge in [0.15, 0.2) is 0 Å². The molecular formula is C10H17NS. The number of thiophene rings is 1. The van der Waals surface area contributed by atoms with Crippen molar-refractivity contribution in [3.8, 4) is 0 Å². The smallest absolute Gasteiger partial charge is 0.0324 e. The normalized spacial score (nSPS) is 11.0. The predicted molar refractivity (Wildman–Crippen MR) is 55.7 cm³/mol. The maximum absolute atomic E-state index is 2.32. The number of nitrogens with zero attached hydrogens (tertiary/aromatic N) is 1. The van der Waals surface area contributed by atoms with Gasteiger partial charge in [0.1, 0.15) is 0 Å². The van der Waals surface area contributed by atoms with E-state index in [1.807, 2.05) is 11.3 Å². The zero-order valence-electron chi connectivity index (χ0n) is 8.13. The van der Waals surface area contributed by atoms with Gasteiger partial charge in [0.25, 0.3) is 0 Å². The molecule has 0 radical (unpaired) electrons. The molecule has 0 saturated carbocycles. The van der Waals surface area contributed by atoms with Crippen molar-refractivity contribution in [3.05, 3.63) is 21.9 Å². The van der Waals surface area contributed by atoms with Crippen molar-refractivity contribution >= 4 is 11.3 Å². The van der Waals surface area contributed by atoms with Crippen LogP contribution in [0, 0.1) is 0 Å². The van der Waals surface area contributed by atoms with Gasteiger partial charge in [-0.2, -0.15) is 0 Å². The minimum Gasteiger partial charge on any atom is -0.302 e. The molecule has 0 N–H and O–H groups in total. The fraction of sp³-hybridized carbons (Fsp3) is 0.600. The molecule has 0 aliphatic carbocycles. The Morgan fingerprint density at radius 3 is 2.42 bits per heavy atom. The van der Waals surface area contributed by atoms with E-state index < -0.39 is 0 Å². The van der Waals surface area contributed by atoms with Crippen LogP contribution in [0.2, 0.25) is 0 Å². The van der Waals surface area contributed by atoms with Crippen LogP contribution in [0.25, 0.3) is 0 Å². The number of hydrogen-bond donors (Lipinski definition) is 0. The average Bonchev–Trinajstić information content (AvgIpc) is 2.52. The lowest BCUT2D eigenvalue weighted by Gasteiger charge is -2.11. The van der Waals surface area contributed by atoms with Crippen molar-refractivity contribution in [1.82, 2.24) is 4.90 Å². The fourth-order valence-electron chi connectivity index (χ4n) is 1.08. The van der Waals surface area contributed by atoms with Crippen molar-refractivity contribution in [2.75, 3.05) is 13.6 Å². The van der Waals surface area contributed by atoms with E-state index in [1.165, 1.54) is 16.2 Å². The molecule has 0 aliphatic heterocycles. The van der Waals surface area contributed by atoms with E-state index in [-0.39, 0.29) is 0 Å². The zero-order chi connectivity index (χ0) is 8.97. The standard InChI is InChI=1S/C10H17NS/c1-4-9-6-7-10(12-9)8-11(3)5-2/h6-7H,4-5,8H2,1-3H3. The lowest BCUT2D eigenvalue weighted by molar-refractivity contribution is 0.349. The molecule has 68 valence electrons. The molecule has 0 saturated heterocycles. The third-order valence-corrected chi connectivity index (χ3v) is 3.25. The van der Waals surface area contributed by atoms with Gasteiger partial charge < -0.3 is 4.90 Å². The van der Waals surface area contributed by atoms with Crippen LogP contribution in [-0.4, -0.2) is 18.5 Å². The minimum absolute atomic E-state index is 1.10. The van der Waals surface area contributed by atoms with Crippen LogP contribution in [0.3, 0.4) is 0 Å². The molecule has 0 unspecified atom stereocenters. The van der Waals surface area contributed by atoms with Gasteiger partial charge in [0.05, 0.1) is 0 Å². The molecule has 1 aromatic rings. The molecule has 1 aromatic heterocycles. The summed E-state index contributed by atoms with van der Waals surface area (Å²) in [6.07, 6.45) is 1.17. The van der Waals surface area contributed by atoms with Gasteiger partial charge in [-0.25, -0.2) is 0 Å². The highest BCUT2D eigenvalue weighted by Crippen LogP contribution is 2.17. The third kappa shape index (κ3) is 2.61. The van der Waals surface area contributed by atoms with Crippen LogP contribution in [0.15, 0.2) is 12.1 Å². The lowest BCUT2D eigenvalue weighted by Crippen LogP contribution is -2.15. The lowest BCUT2D eigenvalue weighted by atomic mass is 10.3. The van der Waals surface area contributed by atoms with E-state index in [0.717, 1.165) is 13.1 Å². The summed E-state index contributed by atoms with van der Waals surface area (Å²) in [4.78, 5) is 5.30. The van der Waals surface area contributed by atoms with E-state index in [4.69, 9.17) is 0 Å². The zero-order valence-corrected chi connectivity index (χ0v) is 8.95. The Morgan fingerprint density at radius 2 is 1.92 bits per heavy atom. The van der Waals surface area contributed by atoms with Crippen LogP contribution in [0.5, 0.6) is 0 Å². The third-order valence-electron chi connectivity index (χ3n) is 2.03. The summed E-state index contributed by atoms with van der Waals surface area (Å²) in [7, 11) is 2.16.